The van der Waals surface area contributed by atoms with E-state index in [-0.39, 0.29) is 18.4 Å². The average molecular weight is 538 g/mol. The summed E-state index contributed by atoms with van der Waals surface area (Å²) in [6, 6.07) is 13.2. The van der Waals surface area contributed by atoms with Crippen molar-refractivity contribution in [2.24, 2.45) is 0 Å². The molecule has 2 aromatic heterocycles. The van der Waals surface area contributed by atoms with Gasteiger partial charge in [-0.1, -0.05) is 19.4 Å². The zero-order valence-corrected chi connectivity index (χ0v) is 23.1. The largest absolute Gasteiger partial charge is 0.493 e. The first-order chi connectivity index (χ1) is 18.5. The summed E-state index contributed by atoms with van der Waals surface area (Å²) in [7, 11) is 3.21. The van der Waals surface area contributed by atoms with Crippen LogP contribution in [0, 0.1) is 0 Å². The highest BCUT2D eigenvalue weighted by molar-refractivity contribution is 7.12. The van der Waals surface area contributed by atoms with Crippen molar-refractivity contribution in [3.63, 3.8) is 0 Å². The minimum atomic E-state index is -0.0666. The first kappa shape index (κ1) is 27.4. The number of thiophene rings is 1. The first-order valence-electron chi connectivity index (χ1n) is 13.0. The molecule has 0 spiro atoms. The van der Waals surface area contributed by atoms with E-state index in [9.17, 15) is 9.59 Å². The molecule has 2 amide bonds. The van der Waals surface area contributed by atoms with Crippen LogP contribution in [-0.4, -0.2) is 85.3 Å². The second kappa shape index (κ2) is 13.2. The van der Waals surface area contributed by atoms with Gasteiger partial charge in [0.2, 0.25) is 5.91 Å². The van der Waals surface area contributed by atoms with Crippen molar-refractivity contribution in [2.75, 3.05) is 58.4 Å². The molecule has 0 atom stereocenters. The highest BCUT2D eigenvalue weighted by atomic mass is 32.1. The van der Waals surface area contributed by atoms with Gasteiger partial charge in [-0.3, -0.25) is 9.59 Å². The maximum atomic E-state index is 13.2. The first-order valence-corrected chi connectivity index (χ1v) is 13.8. The number of benzene rings is 1. The van der Waals surface area contributed by atoms with Gasteiger partial charge < -0.3 is 24.2 Å². The second-order valence-electron chi connectivity index (χ2n) is 9.13. The Morgan fingerprint density at radius 3 is 2.53 bits per heavy atom. The Morgan fingerprint density at radius 1 is 1.00 bits per heavy atom. The Morgan fingerprint density at radius 2 is 1.84 bits per heavy atom. The fourth-order valence-corrected chi connectivity index (χ4v) is 5.15. The number of hydrogen-bond donors (Lipinski definition) is 0. The number of carbonyl (C=O) groups excluding carboxylic acids is 2. The summed E-state index contributed by atoms with van der Waals surface area (Å²) in [4.78, 5) is 32.6. The molecule has 10 heteroatoms. The minimum Gasteiger partial charge on any atom is -0.493 e. The van der Waals surface area contributed by atoms with Gasteiger partial charge in [0, 0.05) is 38.3 Å². The van der Waals surface area contributed by atoms with Gasteiger partial charge in [-0.15, -0.1) is 21.5 Å². The molecule has 1 aliphatic heterocycles. The molecule has 0 unspecified atom stereocenters. The summed E-state index contributed by atoms with van der Waals surface area (Å²) in [6.45, 7) is 5.44. The zero-order valence-electron chi connectivity index (χ0n) is 22.3. The van der Waals surface area contributed by atoms with E-state index in [1.165, 1.54) is 11.3 Å². The predicted octanol–water partition coefficient (Wildman–Crippen LogP) is 4.20. The predicted molar refractivity (Wildman–Crippen MR) is 149 cm³/mol. The third-order valence-corrected chi connectivity index (χ3v) is 7.49. The van der Waals surface area contributed by atoms with Gasteiger partial charge in [0.1, 0.15) is 6.54 Å². The van der Waals surface area contributed by atoms with Crippen molar-refractivity contribution < 1.29 is 19.1 Å². The third-order valence-electron chi connectivity index (χ3n) is 6.63. The fourth-order valence-electron chi connectivity index (χ4n) is 4.46. The molecule has 38 heavy (non-hydrogen) atoms. The number of methoxy groups -OCH3 is 2. The van der Waals surface area contributed by atoms with E-state index < -0.39 is 0 Å². The fraction of sp³-hybridized carbons (Fsp3) is 0.429. The van der Waals surface area contributed by atoms with Crippen molar-refractivity contribution in [3.8, 4) is 22.8 Å². The van der Waals surface area contributed by atoms with Gasteiger partial charge in [0.25, 0.3) is 5.91 Å². The average Bonchev–Trinajstić information content (AvgIpc) is 3.39. The molecule has 9 nitrogen and oxygen atoms in total. The van der Waals surface area contributed by atoms with Gasteiger partial charge in [-0.2, -0.15) is 0 Å². The number of unbranched alkanes of at least 4 members (excludes halogenated alkanes) is 1. The van der Waals surface area contributed by atoms with Gasteiger partial charge in [0.05, 0.1) is 24.8 Å². The van der Waals surface area contributed by atoms with E-state index in [1.54, 1.807) is 19.1 Å². The molecule has 1 fully saturated rings. The molecular weight excluding hydrogens is 502 g/mol. The Bertz CT molecular complexity index is 1200. The molecule has 1 saturated heterocycles. The Hall–Kier alpha value is -3.66. The number of carbonyl (C=O) groups is 2. The van der Waals surface area contributed by atoms with E-state index >= 15 is 0 Å². The molecule has 0 radical (unpaired) electrons. The van der Waals surface area contributed by atoms with Crippen molar-refractivity contribution in [2.45, 2.75) is 26.2 Å². The third kappa shape index (κ3) is 6.61. The molecule has 0 N–H and O–H groups in total. The van der Waals surface area contributed by atoms with Crippen LogP contribution in [-0.2, 0) is 4.79 Å². The lowest BCUT2D eigenvalue weighted by Crippen LogP contribution is -2.44. The number of aromatic nitrogens is 2. The van der Waals surface area contributed by atoms with Crippen LogP contribution in [0.15, 0.2) is 47.8 Å². The topological polar surface area (TPSA) is 88.1 Å². The Labute approximate surface area is 228 Å². The summed E-state index contributed by atoms with van der Waals surface area (Å²) < 4.78 is 10.7. The van der Waals surface area contributed by atoms with Gasteiger partial charge in [-0.05, 0) is 54.6 Å². The smallest absolute Gasteiger partial charge is 0.264 e. The maximum Gasteiger partial charge on any atom is 0.264 e. The van der Waals surface area contributed by atoms with Crippen LogP contribution in [0.3, 0.4) is 0 Å². The SMILES string of the molecule is CCCCN(CC(=O)N1CCCN(c2ccc(-c3ccc(OC)c(OC)c3)nn2)CC1)C(=O)c1cccs1. The van der Waals surface area contributed by atoms with Gasteiger partial charge in [-0.25, -0.2) is 0 Å². The Balaban J connectivity index is 1.37. The number of nitrogens with zero attached hydrogens (tertiary/aromatic N) is 5. The van der Waals surface area contributed by atoms with Crippen molar-refractivity contribution >= 4 is 29.0 Å². The molecule has 1 aliphatic rings. The number of anilines is 1. The summed E-state index contributed by atoms with van der Waals surface area (Å²) in [5.74, 6) is 2.00. The van der Waals surface area contributed by atoms with Gasteiger partial charge in [0.15, 0.2) is 17.3 Å². The quantitative estimate of drug-likeness (QED) is 0.383. The molecule has 3 heterocycles. The van der Waals surface area contributed by atoms with Crippen molar-refractivity contribution in [1.29, 1.82) is 0 Å². The van der Waals surface area contributed by atoms with Crippen LogP contribution in [0.25, 0.3) is 11.3 Å². The summed E-state index contributed by atoms with van der Waals surface area (Å²) >= 11 is 1.41. The second-order valence-corrected chi connectivity index (χ2v) is 10.1. The number of ether oxygens (including phenoxy) is 2. The van der Waals surface area contributed by atoms with Crippen LogP contribution in [0.1, 0.15) is 35.9 Å². The monoisotopic (exact) mass is 537 g/mol. The molecular formula is C28H35N5O4S. The van der Waals surface area contributed by atoms with E-state index in [2.05, 4.69) is 22.0 Å². The van der Waals surface area contributed by atoms with Crippen LogP contribution < -0.4 is 14.4 Å². The highest BCUT2D eigenvalue weighted by Crippen LogP contribution is 2.31. The normalized spacial score (nSPS) is 13.7. The minimum absolute atomic E-state index is 0.0113. The van der Waals surface area contributed by atoms with E-state index in [1.807, 2.05) is 52.7 Å². The lowest BCUT2D eigenvalue weighted by molar-refractivity contribution is -0.131. The number of rotatable bonds is 10. The lowest BCUT2D eigenvalue weighted by atomic mass is 10.1. The molecule has 0 aliphatic carbocycles. The number of amides is 2. The van der Waals surface area contributed by atoms with Crippen LogP contribution in [0.2, 0.25) is 0 Å². The summed E-state index contributed by atoms with van der Waals surface area (Å²) in [5.41, 5.74) is 1.63. The summed E-state index contributed by atoms with van der Waals surface area (Å²) in [6.07, 6.45) is 2.65. The van der Waals surface area contributed by atoms with Gasteiger partial charge >= 0.3 is 0 Å². The van der Waals surface area contributed by atoms with E-state index in [0.29, 0.717) is 42.6 Å². The summed E-state index contributed by atoms with van der Waals surface area (Å²) in [5, 5.41) is 10.8. The van der Waals surface area contributed by atoms with E-state index in [0.717, 1.165) is 42.9 Å². The number of hydrogen-bond acceptors (Lipinski definition) is 8. The molecule has 3 aromatic rings. The Kier molecular flexibility index (Phi) is 9.53. The van der Waals surface area contributed by atoms with Crippen molar-refractivity contribution in [3.05, 3.63) is 52.7 Å². The van der Waals surface area contributed by atoms with Crippen molar-refractivity contribution in [1.82, 2.24) is 20.0 Å². The van der Waals surface area contributed by atoms with Crippen LogP contribution in [0.5, 0.6) is 11.5 Å². The molecule has 202 valence electrons. The molecule has 0 bridgehead atoms. The molecule has 1 aromatic carbocycles. The maximum absolute atomic E-state index is 13.2. The van der Waals surface area contributed by atoms with Crippen LogP contribution >= 0.6 is 11.3 Å². The van der Waals surface area contributed by atoms with Crippen LogP contribution in [0.4, 0.5) is 5.82 Å². The standard InChI is InChI=1S/C28H35N5O4S/c1-4-5-13-33(28(35)25-8-6-18-38-25)20-27(34)32-15-7-14-31(16-17-32)26-12-10-22(29-30-26)21-9-11-23(36-2)24(19-21)37-3/h6,8-12,18-19H,4-5,7,13-17,20H2,1-3H3. The zero-order chi connectivity index (χ0) is 26.9. The highest BCUT2D eigenvalue weighted by Gasteiger charge is 2.25. The molecule has 0 saturated carbocycles. The lowest BCUT2D eigenvalue weighted by Gasteiger charge is -2.27. The van der Waals surface area contributed by atoms with E-state index in [4.69, 9.17) is 9.47 Å². The molecule has 4 rings (SSSR count).